The molecule has 1 aliphatic carbocycles. The molecule has 2 aromatic heterocycles. The van der Waals surface area contributed by atoms with Crippen LogP contribution in [0.4, 0.5) is 0 Å². The van der Waals surface area contributed by atoms with Crippen LogP contribution in [0.15, 0.2) is 23.0 Å². The summed E-state index contributed by atoms with van der Waals surface area (Å²) in [6.45, 7) is 2.54. The Kier molecular flexibility index (Phi) is 2.35. The van der Waals surface area contributed by atoms with Gasteiger partial charge in [-0.15, -0.1) is 0 Å². The molecule has 0 N–H and O–H groups in total. The molecule has 0 fully saturated rings. The largest absolute Gasteiger partial charge is 0.361 e. The Hall–Kier alpha value is -1.84. The highest BCUT2D eigenvalue weighted by Gasteiger charge is 2.19. The lowest BCUT2D eigenvalue weighted by atomic mass is 9.95. The van der Waals surface area contributed by atoms with Crippen LogP contribution >= 0.6 is 0 Å². The van der Waals surface area contributed by atoms with Crippen molar-refractivity contribution in [2.24, 2.45) is 0 Å². The Bertz CT molecular complexity index is 566. The summed E-state index contributed by atoms with van der Waals surface area (Å²) >= 11 is 0. The highest BCUT2D eigenvalue weighted by molar-refractivity contribution is 5.98. The second kappa shape index (κ2) is 3.87. The van der Waals surface area contributed by atoms with Gasteiger partial charge in [0.05, 0.1) is 6.54 Å². The van der Waals surface area contributed by atoms with E-state index in [1.807, 2.05) is 23.8 Å². The van der Waals surface area contributed by atoms with E-state index < -0.39 is 0 Å². The van der Waals surface area contributed by atoms with E-state index in [1.165, 1.54) is 5.56 Å². The number of fused-ring (bicyclic) bond motifs is 1. The first-order chi connectivity index (χ1) is 8.22. The molecule has 17 heavy (non-hydrogen) atoms. The number of nitrogens with zero attached hydrogens (tertiary/aromatic N) is 2. The minimum absolute atomic E-state index is 0.265. The van der Waals surface area contributed by atoms with Gasteiger partial charge in [0.15, 0.2) is 5.78 Å². The van der Waals surface area contributed by atoms with E-state index in [1.54, 1.807) is 0 Å². The maximum atomic E-state index is 11.7. The Labute approximate surface area is 99.2 Å². The predicted octanol–water partition coefficient (Wildman–Crippen LogP) is 2.35. The number of carbonyl (C=O) groups excluding carboxylic acids is 1. The van der Waals surface area contributed by atoms with Crippen molar-refractivity contribution in [2.45, 2.75) is 32.7 Å². The lowest BCUT2D eigenvalue weighted by molar-refractivity contribution is 0.0973. The van der Waals surface area contributed by atoms with Gasteiger partial charge in [0.2, 0.25) is 0 Å². The van der Waals surface area contributed by atoms with Gasteiger partial charge in [0.25, 0.3) is 0 Å². The van der Waals surface area contributed by atoms with Crippen molar-refractivity contribution in [3.05, 3.63) is 41.0 Å². The number of aromatic nitrogens is 2. The van der Waals surface area contributed by atoms with Crippen LogP contribution in [0.3, 0.4) is 0 Å². The lowest BCUT2D eigenvalue weighted by Gasteiger charge is -2.07. The maximum absolute atomic E-state index is 11.7. The number of Topliss-reactive ketones (excluding diaryl/α,β-unsaturated/α-hetero) is 1. The zero-order valence-electron chi connectivity index (χ0n) is 9.77. The predicted molar refractivity (Wildman–Crippen MR) is 62.0 cm³/mol. The molecule has 0 unspecified atom stereocenters. The SMILES string of the molecule is Cc1cc(Cn2cc3c(c2)C(=O)CCC3)no1. The Balaban J connectivity index is 1.87. The summed E-state index contributed by atoms with van der Waals surface area (Å²) in [7, 11) is 0. The van der Waals surface area contributed by atoms with E-state index in [0.717, 1.165) is 29.9 Å². The van der Waals surface area contributed by atoms with Crippen LogP contribution in [0.5, 0.6) is 0 Å². The number of rotatable bonds is 2. The standard InChI is InChI=1S/C13H14N2O2/c1-9-5-11(14-17-9)7-15-6-10-3-2-4-13(16)12(10)8-15/h5-6,8H,2-4,7H2,1H3. The molecule has 0 aliphatic heterocycles. The molecule has 0 radical (unpaired) electrons. The first-order valence-corrected chi connectivity index (χ1v) is 5.86. The van der Waals surface area contributed by atoms with Gasteiger partial charge in [-0.2, -0.15) is 0 Å². The molecule has 1 aliphatic rings. The van der Waals surface area contributed by atoms with Crippen LogP contribution in [0, 0.1) is 6.92 Å². The van der Waals surface area contributed by atoms with E-state index >= 15 is 0 Å². The molecule has 4 heteroatoms. The second-order valence-electron chi connectivity index (χ2n) is 4.58. The molecule has 2 heterocycles. The third kappa shape index (κ3) is 1.90. The van der Waals surface area contributed by atoms with E-state index in [2.05, 4.69) is 11.4 Å². The summed E-state index contributed by atoms with van der Waals surface area (Å²) in [5, 5.41) is 3.96. The second-order valence-corrected chi connectivity index (χ2v) is 4.58. The first kappa shape index (κ1) is 10.3. The summed E-state index contributed by atoms with van der Waals surface area (Å²) in [6.07, 6.45) is 6.64. The molecule has 0 spiro atoms. The normalized spacial score (nSPS) is 15.0. The average molecular weight is 230 g/mol. The van der Waals surface area contributed by atoms with Crippen molar-refractivity contribution in [1.29, 1.82) is 0 Å². The number of aryl methyl sites for hydroxylation is 2. The fraction of sp³-hybridized carbons (Fsp3) is 0.385. The van der Waals surface area contributed by atoms with Crippen molar-refractivity contribution < 1.29 is 9.32 Å². The summed E-state index contributed by atoms with van der Waals surface area (Å²) < 4.78 is 7.05. The van der Waals surface area contributed by atoms with Gasteiger partial charge >= 0.3 is 0 Å². The Morgan fingerprint density at radius 1 is 1.41 bits per heavy atom. The van der Waals surface area contributed by atoms with Crippen LogP contribution in [0.25, 0.3) is 0 Å². The van der Waals surface area contributed by atoms with Crippen molar-refractivity contribution in [3.63, 3.8) is 0 Å². The molecule has 0 bridgehead atoms. The fourth-order valence-electron chi connectivity index (χ4n) is 2.35. The summed E-state index contributed by atoms with van der Waals surface area (Å²) in [5.74, 6) is 1.08. The van der Waals surface area contributed by atoms with Crippen molar-refractivity contribution in [3.8, 4) is 0 Å². The molecular formula is C13H14N2O2. The quantitative estimate of drug-likeness (QED) is 0.795. The third-order valence-corrected chi connectivity index (χ3v) is 3.13. The number of hydrogen-bond acceptors (Lipinski definition) is 3. The summed E-state index contributed by atoms with van der Waals surface area (Å²) in [4.78, 5) is 11.7. The first-order valence-electron chi connectivity index (χ1n) is 5.86. The van der Waals surface area contributed by atoms with Gasteiger partial charge in [-0.25, -0.2) is 0 Å². The highest BCUT2D eigenvalue weighted by Crippen LogP contribution is 2.22. The minimum Gasteiger partial charge on any atom is -0.361 e. The van der Waals surface area contributed by atoms with Crippen molar-refractivity contribution in [1.82, 2.24) is 9.72 Å². The molecule has 88 valence electrons. The smallest absolute Gasteiger partial charge is 0.164 e. The molecule has 2 aromatic rings. The van der Waals surface area contributed by atoms with Gasteiger partial charge < -0.3 is 9.09 Å². The molecule has 0 saturated heterocycles. The van der Waals surface area contributed by atoms with Crippen LogP contribution < -0.4 is 0 Å². The molecule has 0 atom stereocenters. The van der Waals surface area contributed by atoms with Gasteiger partial charge in [-0.05, 0) is 25.3 Å². The number of ketones is 1. The van der Waals surface area contributed by atoms with Crippen LogP contribution in [-0.2, 0) is 13.0 Å². The Morgan fingerprint density at radius 2 is 2.29 bits per heavy atom. The van der Waals surface area contributed by atoms with E-state index in [9.17, 15) is 4.79 Å². The van der Waals surface area contributed by atoms with Crippen molar-refractivity contribution >= 4 is 5.78 Å². The molecule has 0 amide bonds. The zero-order chi connectivity index (χ0) is 11.8. The maximum Gasteiger partial charge on any atom is 0.164 e. The van der Waals surface area contributed by atoms with E-state index in [4.69, 9.17) is 4.52 Å². The zero-order valence-corrected chi connectivity index (χ0v) is 9.77. The highest BCUT2D eigenvalue weighted by atomic mass is 16.5. The molecule has 3 rings (SSSR count). The molecular weight excluding hydrogens is 216 g/mol. The number of carbonyl (C=O) groups is 1. The minimum atomic E-state index is 0.265. The van der Waals surface area contributed by atoms with Gasteiger partial charge in [0, 0.05) is 30.4 Å². The monoisotopic (exact) mass is 230 g/mol. The average Bonchev–Trinajstić information content (AvgIpc) is 2.86. The van der Waals surface area contributed by atoms with Crippen LogP contribution in [0.1, 0.15) is 40.2 Å². The molecule has 4 nitrogen and oxygen atoms in total. The molecule has 0 aromatic carbocycles. The molecule has 0 saturated carbocycles. The fourth-order valence-corrected chi connectivity index (χ4v) is 2.35. The van der Waals surface area contributed by atoms with E-state index in [-0.39, 0.29) is 5.78 Å². The number of hydrogen-bond donors (Lipinski definition) is 0. The third-order valence-electron chi connectivity index (χ3n) is 3.13. The van der Waals surface area contributed by atoms with E-state index in [0.29, 0.717) is 13.0 Å². The van der Waals surface area contributed by atoms with Gasteiger partial charge in [-0.3, -0.25) is 4.79 Å². The van der Waals surface area contributed by atoms with Crippen LogP contribution in [0.2, 0.25) is 0 Å². The topological polar surface area (TPSA) is 48.0 Å². The van der Waals surface area contributed by atoms with Crippen molar-refractivity contribution in [2.75, 3.05) is 0 Å². The Morgan fingerprint density at radius 3 is 3.00 bits per heavy atom. The van der Waals surface area contributed by atoms with Crippen LogP contribution in [-0.4, -0.2) is 15.5 Å². The summed E-state index contributed by atoms with van der Waals surface area (Å²) in [5.41, 5.74) is 2.94. The lowest BCUT2D eigenvalue weighted by Crippen LogP contribution is -2.07. The van der Waals surface area contributed by atoms with Gasteiger partial charge in [0.1, 0.15) is 11.5 Å². The van der Waals surface area contributed by atoms with Gasteiger partial charge in [-0.1, -0.05) is 5.16 Å². The summed E-state index contributed by atoms with van der Waals surface area (Å²) in [6, 6.07) is 1.92.